The number of rotatable bonds is 3. The van der Waals surface area contributed by atoms with Crippen LogP contribution in [0.15, 0.2) is 28.9 Å². The van der Waals surface area contributed by atoms with Gasteiger partial charge in [0.05, 0.1) is 23.1 Å². The molecule has 0 aliphatic carbocycles. The summed E-state index contributed by atoms with van der Waals surface area (Å²) in [4.78, 5) is 12.4. The molecular formula is C17H15ClF2N2O3. The maximum Gasteiger partial charge on any atom is 0.338 e. The van der Waals surface area contributed by atoms with Crippen LogP contribution >= 0.6 is 11.6 Å². The topological polar surface area (TPSA) is 85.3 Å². The second-order valence-electron chi connectivity index (χ2n) is 5.31. The van der Waals surface area contributed by atoms with Crippen molar-refractivity contribution in [2.45, 2.75) is 26.7 Å². The number of carbonyl (C=O) groups excluding carboxylic acids is 1. The van der Waals surface area contributed by atoms with Crippen molar-refractivity contribution in [2.24, 2.45) is 5.73 Å². The molecule has 0 amide bonds. The Hall–Kier alpha value is -2.59. The molecule has 1 heterocycles. The van der Waals surface area contributed by atoms with E-state index in [4.69, 9.17) is 26.8 Å². The van der Waals surface area contributed by atoms with Crippen molar-refractivity contribution in [2.75, 3.05) is 6.61 Å². The fourth-order valence-corrected chi connectivity index (χ4v) is 2.90. The molecule has 0 saturated heterocycles. The fraction of sp³-hybridized carbons (Fsp3) is 0.294. The predicted octanol–water partition coefficient (Wildman–Crippen LogP) is 3.57. The van der Waals surface area contributed by atoms with E-state index in [1.165, 1.54) is 13.8 Å². The van der Waals surface area contributed by atoms with Gasteiger partial charge in [0.25, 0.3) is 0 Å². The predicted molar refractivity (Wildman–Crippen MR) is 86.1 cm³/mol. The van der Waals surface area contributed by atoms with Gasteiger partial charge in [-0.1, -0.05) is 11.6 Å². The second kappa shape index (κ2) is 7.11. The number of benzene rings is 1. The lowest BCUT2D eigenvalue weighted by Crippen LogP contribution is -2.26. The minimum atomic E-state index is -1.26. The van der Waals surface area contributed by atoms with Gasteiger partial charge in [0.15, 0.2) is 0 Å². The van der Waals surface area contributed by atoms with Crippen molar-refractivity contribution in [1.29, 1.82) is 5.26 Å². The van der Waals surface area contributed by atoms with Crippen LogP contribution < -0.4 is 5.73 Å². The maximum absolute atomic E-state index is 14.8. The van der Waals surface area contributed by atoms with E-state index in [0.29, 0.717) is 0 Å². The van der Waals surface area contributed by atoms with Crippen LogP contribution in [0.2, 0.25) is 5.02 Å². The lowest BCUT2D eigenvalue weighted by atomic mass is 9.82. The average molecular weight is 369 g/mol. The summed E-state index contributed by atoms with van der Waals surface area (Å²) in [6.45, 7) is 4.31. The Labute approximate surface area is 148 Å². The van der Waals surface area contributed by atoms with Gasteiger partial charge in [-0.3, -0.25) is 0 Å². The van der Waals surface area contributed by atoms with E-state index in [2.05, 4.69) is 0 Å². The zero-order valence-corrected chi connectivity index (χ0v) is 14.5. The third-order valence-corrected chi connectivity index (χ3v) is 4.14. The van der Waals surface area contributed by atoms with E-state index in [9.17, 15) is 18.8 Å². The van der Waals surface area contributed by atoms with E-state index in [-0.39, 0.29) is 45.5 Å². The minimum absolute atomic E-state index is 0.0531. The molecule has 25 heavy (non-hydrogen) atoms. The number of nitrogens with two attached hydrogens (primary N) is 1. The van der Waals surface area contributed by atoms with Crippen LogP contribution in [0.4, 0.5) is 8.78 Å². The molecule has 1 aromatic rings. The largest absolute Gasteiger partial charge is 0.463 e. The molecular weight excluding hydrogens is 354 g/mol. The number of ether oxygens (including phenoxy) is 2. The summed E-state index contributed by atoms with van der Waals surface area (Å²) in [5.41, 5.74) is 4.88. The summed E-state index contributed by atoms with van der Waals surface area (Å²) < 4.78 is 38.7. The quantitative estimate of drug-likeness (QED) is 0.824. The van der Waals surface area contributed by atoms with Crippen molar-refractivity contribution in [3.8, 4) is 6.07 Å². The van der Waals surface area contributed by atoms with Crippen LogP contribution in [0.25, 0.3) is 0 Å². The summed E-state index contributed by atoms with van der Waals surface area (Å²) in [5, 5.41) is 9.16. The fourth-order valence-electron chi connectivity index (χ4n) is 2.62. The smallest absolute Gasteiger partial charge is 0.338 e. The van der Waals surface area contributed by atoms with E-state index in [1.807, 2.05) is 0 Å². The molecule has 1 aromatic carbocycles. The molecule has 1 aliphatic heterocycles. The normalized spacial score (nSPS) is 17.2. The Balaban J connectivity index is 2.81. The molecule has 0 aromatic heterocycles. The second-order valence-corrected chi connectivity index (χ2v) is 5.72. The average Bonchev–Trinajstić information content (AvgIpc) is 2.53. The van der Waals surface area contributed by atoms with E-state index in [1.54, 1.807) is 13.0 Å². The van der Waals surface area contributed by atoms with Crippen molar-refractivity contribution in [3.63, 3.8) is 0 Å². The number of hydrogen-bond donors (Lipinski definition) is 1. The summed E-state index contributed by atoms with van der Waals surface area (Å²) in [5.74, 6) is -4.10. The molecule has 0 spiro atoms. The summed E-state index contributed by atoms with van der Waals surface area (Å²) in [6, 6.07) is 2.73. The molecule has 132 valence electrons. The van der Waals surface area contributed by atoms with Crippen LogP contribution in [0.1, 0.15) is 30.9 Å². The highest BCUT2D eigenvalue weighted by molar-refractivity contribution is 6.31. The Bertz CT molecular complexity index is 856. The molecule has 1 unspecified atom stereocenters. The Kier molecular flexibility index (Phi) is 5.33. The molecule has 2 N–H and O–H groups in total. The minimum Gasteiger partial charge on any atom is -0.463 e. The zero-order valence-electron chi connectivity index (χ0n) is 13.7. The highest BCUT2D eigenvalue weighted by Crippen LogP contribution is 2.44. The number of nitriles is 1. The van der Waals surface area contributed by atoms with Gasteiger partial charge in [-0.15, -0.1) is 0 Å². The highest BCUT2D eigenvalue weighted by Gasteiger charge is 2.39. The van der Waals surface area contributed by atoms with E-state index in [0.717, 1.165) is 6.07 Å². The van der Waals surface area contributed by atoms with Crippen LogP contribution in [-0.2, 0) is 14.3 Å². The Morgan fingerprint density at radius 3 is 2.68 bits per heavy atom. The van der Waals surface area contributed by atoms with Crippen LogP contribution in [0.3, 0.4) is 0 Å². The molecule has 0 saturated carbocycles. The van der Waals surface area contributed by atoms with Crippen LogP contribution in [0, 0.1) is 29.9 Å². The first-order chi connectivity index (χ1) is 11.7. The molecule has 5 nitrogen and oxygen atoms in total. The van der Waals surface area contributed by atoms with Gasteiger partial charge in [0.2, 0.25) is 5.88 Å². The van der Waals surface area contributed by atoms with E-state index < -0.39 is 23.5 Å². The summed E-state index contributed by atoms with van der Waals surface area (Å²) >= 11 is 6.04. The monoisotopic (exact) mass is 368 g/mol. The summed E-state index contributed by atoms with van der Waals surface area (Å²) in [6.07, 6.45) is 0. The molecule has 2 rings (SSSR count). The molecule has 0 bridgehead atoms. The van der Waals surface area contributed by atoms with Gasteiger partial charge in [-0.05, 0) is 26.8 Å². The van der Waals surface area contributed by atoms with Crippen molar-refractivity contribution < 1.29 is 23.0 Å². The van der Waals surface area contributed by atoms with Gasteiger partial charge in [-0.25, -0.2) is 13.6 Å². The maximum atomic E-state index is 14.8. The highest BCUT2D eigenvalue weighted by atomic mass is 35.5. The number of nitrogens with zero attached hydrogens (tertiary/aromatic N) is 1. The van der Waals surface area contributed by atoms with Crippen molar-refractivity contribution >= 4 is 17.6 Å². The summed E-state index contributed by atoms with van der Waals surface area (Å²) in [7, 11) is 0. The zero-order chi connectivity index (χ0) is 18.9. The van der Waals surface area contributed by atoms with Gasteiger partial charge >= 0.3 is 5.97 Å². The third kappa shape index (κ3) is 3.17. The van der Waals surface area contributed by atoms with Crippen molar-refractivity contribution in [1.82, 2.24) is 0 Å². The first-order valence-electron chi connectivity index (χ1n) is 7.33. The lowest BCUT2D eigenvalue weighted by Gasteiger charge is -2.28. The van der Waals surface area contributed by atoms with Gasteiger partial charge in [0.1, 0.15) is 29.0 Å². The first kappa shape index (κ1) is 18.7. The molecule has 0 fully saturated rings. The van der Waals surface area contributed by atoms with Gasteiger partial charge in [-0.2, -0.15) is 5.26 Å². The van der Waals surface area contributed by atoms with Crippen molar-refractivity contribution in [3.05, 3.63) is 56.6 Å². The molecule has 1 atom stereocenters. The molecule has 1 aliphatic rings. The Morgan fingerprint density at radius 2 is 2.12 bits per heavy atom. The standard InChI is InChI=1S/C17H15ClF2N2O3/c1-4-24-17(23)12-8(3)25-16(22)9(6-21)13(12)14-10(18)5-11(19)7(2)15(14)20/h5,13H,4,22H2,1-3H3. The SMILES string of the molecule is CCOC(=O)C1=C(C)OC(N)=C(C#N)C1c1c(Cl)cc(F)c(C)c1F. The number of hydrogen-bond acceptors (Lipinski definition) is 5. The van der Waals surface area contributed by atoms with E-state index >= 15 is 0 Å². The van der Waals surface area contributed by atoms with Gasteiger partial charge < -0.3 is 15.2 Å². The van der Waals surface area contributed by atoms with Gasteiger partial charge in [0, 0.05) is 11.1 Å². The molecule has 0 radical (unpaired) electrons. The van der Waals surface area contributed by atoms with Crippen LogP contribution in [-0.4, -0.2) is 12.6 Å². The molecule has 8 heteroatoms. The number of esters is 1. The lowest BCUT2D eigenvalue weighted by molar-refractivity contribution is -0.139. The third-order valence-electron chi connectivity index (χ3n) is 3.82. The Morgan fingerprint density at radius 1 is 1.48 bits per heavy atom. The van der Waals surface area contributed by atoms with Crippen LogP contribution in [0.5, 0.6) is 0 Å². The number of allylic oxidation sites excluding steroid dienone is 2. The number of carbonyl (C=O) groups is 1. The first-order valence-corrected chi connectivity index (χ1v) is 7.71. The number of halogens is 3.